The van der Waals surface area contributed by atoms with Gasteiger partial charge < -0.3 is 0 Å². The monoisotopic (exact) mass is 1690 g/mol. The zero-order valence-corrected chi connectivity index (χ0v) is 84.3. The van der Waals surface area contributed by atoms with E-state index in [0.717, 1.165) is 402 Å². The minimum atomic E-state index is 0.507. The normalized spacial score (nSPS) is 68.8. The van der Waals surface area contributed by atoms with Gasteiger partial charge in [-0.3, -0.25) is 0 Å². The molecule has 27 aliphatic rings. The molecule has 27 saturated carbocycles. The number of hydrogen-bond acceptors (Lipinski definition) is 0. The minimum absolute atomic E-state index is 0.507. The quantitative estimate of drug-likeness (QED) is 0.249. The summed E-state index contributed by atoms with van der Waals surface area (Å²) in [5.74, 6) is 66.9. The molecule has 0 aliphatic heterocycles. The van der Waals surface area contributed by atoms with Gasteiger partial charge in [-0.25, -0.2) is 0 Å². The van der Waals surface area contributed by atoms with Gasteiger partial charge in [0.2, 0.25) is 0 Å². The van der Waals surface area contributed by atoms with E-state index in [9.17, 15) is 0 Å². The number of hydrogen-bond donors (Lipinski definition) is 0. The van der Waals surface area contributed by atoms with Gasteiger partial charge in [-0.05, 0) is 574 Å². The molecule has 14 bridgehead atoms. The van der Waals surface area contributed by atoms with E-state index < -0.39 is 0 Å². The smallest absolute Gasteiger partial charge is 0.0230 e. The highest BCUT2D eigenvalue weighted by molar-refractivity contribution is 5.28. The van der Waals surface area contributed by atoms with E-state index in [1.165, 1.54) is 38.5 Å². The lowest BCUT2D eigenvalue weighted by Gasteiger charge is -2.72. The van der Waals surface area contributed by atoms with Crippen LogP contribution < -0.4 is 0 Å². The Labute approximate surface area is 764 Å². The van der Waals surface area contributed by atoms with Crippen LogP contribution in [0.15, 0.2) is 0 Å². The number of fused-ring (bicyclic) bond motifs is 12. The maximum atomic E-state index is 3.21. The highest BCUT2D eigenvalue weighted by atomic mass is 14.8. The topological polar surface area (TPSA) is 0 Å². The molecule has 1 spiro atoms. The van der Waals surface area contributed by atoms with E-state index in [2.05, 4.69) is 138 Å². The van der Waals surface area contributed by atoms with E-state index in [-0.39, 0.29) is 0 Å². The van der Waals surface area contributed by atoms with Gasteiger partial charge in [-0.1, -0.05) is 196 Å². The first-order valence-electron chi connectivity index (χ1n) is 60.0. The SMILES string of the molecule is CCC1CC(C)C2C3C1CC1C4C5CCC6C(C)C(CC)C(C)C7CC8C(CC)C9CC%10C(C)C(C)C%11(C)C[C@H]%12CCC%11C%10CC9C(CCCC9C%10CC%11C%12C(C)CC%12CC[C@H](C)C%13C%14C(CC%15C(CC)C%16CC%17C(CC)C(C)C%18C%19C%17CC%16C%16CCC%17C(C%20CC(C4C[C@H]9%20)C(CC[C@@H]%19C)[C@@H]1[C@@H]3C([C@@H]2C)[C@H]%18C)C%10[C@@H](C%17C%14C%16%15)[C@@H]%12%11)C(CC)[C@@H](C)C%13C)C8C[C@@]67C5. The van der Waals surface area contributed by atoms with E-state index >= 15 is 0 Å². The van der Waals surface area contributed by atoms with Crippen LogP contribution in [0.25, 0.3) is 0 Å². The maximum absolute atomic E-state index is 3.21. The summed E-state index contributed by atoms with van der Waals surface area (Å²) in [5, 5.41) is 0. The Morgan fingerprint density at radius 3 is 1.39 bits per heavy atom. The van der Waals surface area contributed by atoms with Gasteiger partial charge in [0.05, 0.1) is 0 Å². The van der Waals surface area contributed by atoms with Gasteiger partial charge in [-0.2, -0.15) is 0 Å². The fraction of sp³-hybridized carbons (Fsp3) is 1.00. The van der Waals surface area contributed by atoms with Crippen molar-refractivity contribution in [1.82, 2.24) is 0 Å². The fourth-order valence-corrected chi connectivity index (χ4v) is 57.8. The molecule has 0 N–H and O–H groups in total. The highest BCUT2D eigenvalue weighted by Gasteiger charge is 2.80. The van der Waals surface area contributed by atoms with Crippen LogP contribution in [0, 0.1) is 413 Å². The van der Waals surface area contributed by atoms with Crippen molar-refractivity contribution < 1.29 is 0 Å². The standard InChI is InChI=1S/C124H196/c1-21-68-40-57(9)106-65(17)110-66(18)109-64(16)74(24-4)84-44-86-76(26-6)94-49-93-73(23-3)59(11)60(12)105-55(7)30-32-69-41-58(10)107-70-34-39-103-92-45-87-78-29-27-28-77-88-46-97-90-48-98(88)115-81-37-36-80(113(94)122(118(93)105)116(81)121-112(69)99(107)50-95(77)119(115)121)89(86)47-96(84)108(109)56(8)31-35-79(90)114-100(43-83(68)117(106)120(110)114)111(97)71-33-38-102-62(14)72(22-2)63(15)104-51-91(101(78)54-124(102,104)53-71)75(25-5)85(87)42-82(92)61(13)67(19)123(103,20)52-70/h55-122H,21-54H2,1-20H3/t55-,56-,57?,58?,59-,60?,61?,62?,63?,64?,65+,66-,67?,68?,69?,70+,71?,72?,73?,74?,75?,76?,77?,78?,79?,80?,81?,82?,83?,84?,85?,86?,87?,88+,89?,90?,91?,92?,93?,94?,95?,96?,97?,98?,99?,100?,101?,102?,103?,104?,105?,106?,107?,108?,109?,110?,111?,112-,113?,114-,115?,116?,117?,118?,119?,120-,121+,122?,123?,124-/m0/s1. The molecule has 0 heteroatoms. The van der Waals surface area contributed by atoms with Crippen molar-refractivity contribution in [2.24, 2.45) is 413 Å². The Bertz CT molecular complexity index is 3980. The molecule has 0 aromatic heterocycles. The highest BCUT2D eigenvalue weighted by Crippen LogP contribution is 2.86. The first-order valence-corrected chi connectivity index (χ1v) is 60.0. The van der Waals surface area contributed by atoms with Gasteiger partial charge in [0.25, 0.3) is 0 Å². The summed E-state index contributed by atoms with van der Waals surface area (Å²) in [4.78, 5) is 0. The summed E-state index contributed by atoms with van der Waals surface area (Å²) < 4.78 is 0. The molecule has 0 aromatic rings. The Morgan fingerprint density at radius 2 is 0.645 bits per heavy atom. The lowest BCUT2D eigenvalue weighted by atomic mass is 9.32. The van der Waals surface area contributed by atoms with E-state index in [1.807, 2.05) is 0 Å². The lowest BCUT2D eigenvalue weighted by Crippen LogP contribution is -2.66. The van der Waals surface area contributed by atoms with Gasteiger partial charge in [-0.15, -0.1) is 0 Å². The second-order valence-electron chi connectivity index (χ2n) is 59.2. The van der Waals surface area contributed by atoms with E-state index in [4.69, 9.17) is 0 Å². The minimum Gasteiger partial charge on any atom is -0.0651 e. The van der Waals surface area contributed by atoms with Crippen molar-refractivity contribution in [1.29, 1.82) is 0 Å². The van der Waals surface area contributed by atoms with Crippen LogP contribution in [0.5, 0.6) is 0 Å². The molecule has 58 unspecified atom stereocenters. The molecule has 0 saturated heterocycles. The van der Waals surface area contributed by atoms with Crippen LogP contribution in [0.2, 0.25) is 0 Å². The van der Waals surface area contributed by atoms with Crippen molar-refractivity contribution >= 4 is 0 Å². The third kappa shape index (κ3) is 10.4. The van der Waals surface area contributed by atoms with Crippen LogP contribution in [-0.2, 0) is 0 Å². The van der Waals surface area contributed by atoms with Crippen LogP contribution in [-0.4, -0.2) is 0 Å². The van der Waals surface area contributed by atoms with Crippen molar-refractivity contribution in [2.75, 3.05) is 0 Å². The van der Waals surface area contributed by atoms with Gasteiger partial charge in [0.15, 0.2) is 0 Å². The third-order valence-electron chi connectivity index (χ3n) is 59.5. The van der Waals surface area contributed by atoms with Gasteiger partial charge in [0, 0.05) is 0 Å². The zero-order chi connectivity index (χ0) is 84.3. The molecular weight excluding hydrogens is 1490 g/mol. The zero-order valence-electron chi connectivity index (χ0n) is 84.3. The first-order chi connectivity index (χ1) is 60.0. The lowest BCUT2D eigenvalue weighted by molar-refractivity contribution is -0.239. The Hall–Kier alpha value is 0. The largest absolute Gasteiger partial charge is 0.0651 e. The molecule has 27 aliphatic carbocycles. The number of rotatable bonds is 6. The second-order valence-corrected chi connectivity index (χ2v) is 59.2. The summed E-state index contributed by atoms with van der Waals surface area (Å²) in [7, 11) is 0. The van der Waals surface area contributed by atoms with Crippen molar-refractivity contribution in [2.45, 2.75) is 357 Å². The van der Waals surface area contributed by atoms with Crippen LogP contribution in [0.3, 0.4) is 0 Å². The summed E-state index contributed by atoms with van der Waals surface area (Å²) in [6.07, 6.45) is 56.3. The fourth-order valence-electron chi connectivity index (χ4n) is 57.8. The summed E-state index contributed by atoms with van der Waals surface area (Å²) in [6, 6.07) is 0. The van der Waals surface area contributed by atoms with Crippen LogP contribution in [0.4, 0.5) is 0 Å². The van der Waals surface area contributed by atoms with Gasteiger partial charge >= 0.3 is 0 Å². The average molecular weight is 1690 g/mol. The van der Waals surface area contributed by atoms with Crippen molar-refractivity contribution in [3.05, 3.63) is 0 Å². The van der Waals surface area contributed by atoms with Crippen molar-refractivity contribution in [3.8, 4) is 0 Å². The van der Waals surface area contributed by atoms with E-state index in [0.29, 0.717) is 10.8 Å². The molecule has 0 aromatic carbocycles. The third-order valence-corrected chi connectivity index (χ3v) is 59.5. The molecule has 0 radical (unpaired) electrons. The predicted molar refractivity (Wildman–Crippen MR) is 513 cm³/mol. The van der Waals surface area contributed by atoms with Crippen LogP contribution >= 0.6 is 0 Å². The molecule has 692 valence electrons. The van der Waals surface area contributed by atoms with Crippen LogP contribution in [0.1, 0.15) is 357 Å². The Morgan fingerprint density at radius 1 is 0.194 bits per heavy atom. The molecular formula is C124H196. The van der Waals surface area contributed by atoms with E-state index in [1.54, 1.807) is 180 Å². The second kappa shape index (κ2) is 29.3. The summed E-state index contributed by atoms with van der Waals surface area (Å²) in [6.45, 7) is 59.9. The molecule has 0 nitrogen and oxygen atoms in total. The predicted octanol–water partition coefficient (Wildman–Crippen LogP) is 31.9. The molecule has 27 fully saturated rings. The molecule has 70 atom stereocenters. The summed E-state index contributed by atoms with van der Waals surface area (Å²) in [5.41, 5.74) is 1.08. The van der Waals surface area contributed by atoms with Gasteiger partial charge in [0.1, 0.15) is 0 Å². The van der Waals surface area contributed by atoms with Crippen molar-refractivity contribution in [3.63, 3.8) is 0 Å². The Balaban J connectivity index is 0.737. The molecule has 0 heterocycles. The Kier molecular flexibility index (Phi) is 19.7. The average Bonchev–Trinajstić information content (AvgIpc) is 1.37. The maximum Gasteiger partial charge on any atom is -0.0230 e. The first kappa shape index (κ1) is 83.4. The molecule has 0 amide bonds. The molecule has 124 heavy (non-hydrogen) atoms. The molecule has 27 rings (SSSR count). The summed E-state index contributed by atoms with van der Waals surface area (Å²) >= 11 is 0.